The number of aryl methyl sites for hydroxylation is 1. The Labute approximate surface area is 81.5 Å². The van der Waals surface area contributed by atoms with Gasteiger partial charge in [-0.3, -0.25) is 0 Å². The molecule has 0 saturated heterocycles. The molecular weight excluding hydrogens is 184 g/mol. The van der Waals surface area contributed by atoms with E-state index in [1.807, 2.05) is 19.2 Å². The minimum atomic E-state index is -0.149. The molecule has 1 aliphatic carbocycles. The maximum absolute atomic E-state index is 11.5. The topological polar surface area (TPSA) is 26.3 Å². The lowest BCUT2D eigenvalue weighted by molar-refractivity contribution is 0.0472. The molecule has 0 spiro atoms. The Bertz CT molecular complexity index is 337. The van der Waals surface area contributed by atoms with Crippen LogP contribution in [-0.2, 0) is 4.74 Å². The molecule has 0 amide bonds. The normalized spacial score (nSPS) is 15.8. The molecule has 1 fully saturated rings. The van der Waals surface area contributed by atoms with E-state index in [-0.39, 0.29) is 12.1 Å². The monoisotopic (exact) mass is 196 g/mol. The molecule has 0 aliphatic heterocycles. The summed E-state index contributed by atoms with van der Waals surface area (Å²) in [7, 11) is 0. The number of carbonyl (C=O) groups excluding carboxylic acids is 1. The Morgan fingerprint density at radius 1 is 1.54 bits per heavy atom. The van der Waals surface area contributed by atoms with Crippen molar-refractivity contribution in [1.82, 2.24) is 0 Å². The smallest absolute Gasteiger partial charge is 0.339 e. The molecular formula is C10H12O2S. The van der Waals surface area contributed by atoms with Gasteiger partial charge in [0.15, 0.2) is 0 Å². The molecule has 0 bridgehead atoms. The van der Waals surface area contributed by atoms with E-state index in [2.05, 4.69) is 0 Å². The SMILES string of the molecule is Cc1scc(C(=O)OC2CC2)c1C. The summed E-state index contributed by atoms with van der Waals surface area (Å²) in [4.78, 5) is 12.7. The minimum Gasteiger partial charge on any atom is -0.459 e. The van der Waals surface area contributed by atoms with Crippen molar-refractivity contribution in [1.29, 1.82) is 0 Å². The molecule has 0 atom stereocenters. The van der Waals surface area contributed by atoms with Gasteiger partial charge in [0.1, 0.15) is 6.10 Å². The zero-order valence-electron chi connectivity index (χ0n) is 7.79. The second-order valence-electron chi connectivity index (χ2n) is 3.44. The van der Waals surface area contributed by atoms with Gasteiger partial charge in [-0.1, -0.05) is 0 Å². The molecule has 0 N–H and O–H groups in total. The van der Waals surface area contributed by atoms with Crippen LogP contribution in [0.3, 0.4) is 0 Å². The maximum atomic E-state index is 11.5. The molecule has 13 heavy (non-hydrogen) atoms. The number of hydrogen-bond donors (Lipinski definition) is 0. The molecule has 1 saturated carbocycles. The van der Waals surface area contributed by atoms with Crippen LogP contribution in [0.2, 0.25) is 0 Å². The summed E-state index contributed by atoms with van der Waals surface area (Å²) in [6, 6.07) is 0. The van der Waals surface area contributed by atoms with Crippen LogP contribution in [0.4, 0.5) is 0 Å². The second kappa shape index (κ2) is 3.14. The predicted octanol–water partition coefficient (Wildman–Crippen LogP) is 2.68. The zero-order chi connectivity index (χ0) is 9.42. The Morgan fingerprint density at radius 3 is 2.69 bits per heavy atom. The van der Waals surface area contributed by atoms with Crippen LogP contribution in [-0.4, -0.2) is 12.1 Å². The van der Waals surface area contributed by atoms with Crippen LogP contribution in [0.5, 0.6) is 0 Å². The van der Waals surface area contributed by atoms with E-state index in [4.69, 9.17) is 4.74 Å². The number of ether oxygens (including phenoxy) is 1. The molecule has 70 valence electrons. The van der Waals surface area contributed by atoms with Crippen molar-refractivity contribution < 1.29 is 9.53 Å². The van der Waals surface area contributed by atoms with Gasteiger partial charge in [0, 0.05) is 10.3 Å². The van der Waals surface area contributed by atoms with E-state index in [1.165, 1.54) is 4.88 Å². The van der Waals surface area contributed by atoms with Crippen LogP contribution in [0.1, 0.15) is 33.6 Å². The predicted molar refractivity (Wildman–Crippen MR) is 52.2 cm³/mol. The highest BCUT2D eigenvalue weighted by Gasteiger charge is 2.27. The quantitative estimate of drug-likeness (QED) is 0.680. The van der Waals surface area contributed by atoms with Crippen LogP contribution in [0, 0.1) is 13.8 Å². The van der Waals surface area contributed by atoms with Crippen molar-refractivity contribution in [3.63, 3.8) is 0 Å². The van der Waals surface area contributed by atoms with Gasteiger partial charge in [-0.15, -0.1) is 11.3 Å². The number of rotatable bonds is 2. The Kier molecular flexibility index (Phi) is 2.12. The summed E-state index contributed by atoms with van der Waals surface area (Å²) in [6.07, 6.45) is 2.27. The van der Waals surface area contributed by atoms with E-state index in [1.54, 1.807) is 11.3 Å². The van der Waals surface area contributed by atoms with Gasteiger partial charge < -0.3 is 4.74 Å². The molecule has 3 heteroatoms. The summed E-state index contributed by atoms with van der Waals surface area (Å²) in [6.45, 7) is 3.99. The summed E-state index contributed by atoms with van der Waals surface area (Å²) in [5, 5.41) is 1.88. The average Bonchev–Trinajstić information content (AvgIpc) is 2.82. The largest absolute Gasteiger partial charge is 0.459 e. The summed E-state index contributed by atoms with van der Waals surface area (Å²) in [5.74, 6) is -0.149. The third kappa shape index (κ3) is 1.75. The average molecular weight is 196 g/mol. The molecule has 2 rings (SSSR count). The lowest BCUT2D eigenvalue weighted by Gasteiger charge is -2.01. The number of hydrogen-bond acceptors (Lipinski definition) is 3. The third-order valence-corrected chi connectivity index (χ3v) is 3.32. The lowest BCUT2D eigenvalue weighted by atomic mass is 10.2. The summed E-state index contributed by atoms with van der Waals surface area (Å²) < 4.78 is 5.21. The third-order valence-electron chi connectivity index (χ3n) is 2.30. The van der Waals surface area contributed by atoms with Crippen LogP contribution in [0.25, 0.3) is 0 Å². The zero-order valence-corrected chi connectivity index (χ0v) is 8.61. The molecule has 0 unspecified atom stereocenters. The van der Waals surface area contributed by atoms with Crippen LogP contribution in [0.15, 0.2) is 5.38 Å². The van der Waals surface area contributed by atoms with Crippen molar-refractivity contribution in [2.24, 2.45) is 0 Å². The molecule has 0 radical (unpaired) electrons. The van der Waals surface area contributed by atoms with Gasteiger partial charge in [0.2, 0.25) is 0 Å². The van der Waals surface area contributed by atoms with Crippen LogP contribution >= 0.6 is 11.3 Å². The first-order valence-electron chi connectivity index (χ1n) is 4.44. The van der Waals surface area contributed by atoms with Gasteiger partial charge in [-0.2, -0.15) is 0 Å². The maximum Gasteiger partial charge on any atom is 0.339 e. The van der Waals surface area contributed by atoms with Gasteiger partial charge in [-0.05, 0) is 32.3 Å². The number of carbonyl (C=O) groups is 1. The molecule has 2 nitrogen and oxygen atoms in total. The highest BCUT2D eigenvalue weighted by Crippen LogP contribution is 2.27. The Balaban J connectivity index is 2.14. The second-order valence-corrected chi connectivity index (χ2v) is 4.52. The fourth-order valence-electron chi connectivity index (χ4n) is 1.12. The first kappa shape index (κ1) is 8.75. The number of thiophene rings is 1. The molecule has 1 aromatic heterocycles. The highest BCUT2D eigenvalue weighted by atomic mass is 32.1. The van der Waals surface area contributed by atoms with Crippen molar-refractivity contribution in [3.8, 4) is 0 Å². The van der Waals surface area contributed by atoms with Crippen molar-refractivity contribution >= 4 is 17.3 Å². The lowest BCUT2D eigenvalue weighted by Crippen LogP contribution is -2.06. The van der Waals surface area contributed by atoms with Gasteiger partial charge in [0.05, 0.1) is 5.56 Å². The molecule has 0 aromatic carbocycles. The Hall–Kier alpha value is -0.830. The van der Waals surface area contributed by atoms with Gasteiger partial charge in [-0.25, -0.2) is 4.79 Å². The van der Waals surface area contributed by atoms with E-state index in [0.717, 1.165) is 24.0 Å². The van der Waals surface area contributed by atoms with Crippen molar-refractivity contribution in [2.75, 3.05) is 0 Å². The molecule has 1 aromatic rings. The molecule has 1 heterocycles. The summed E-state index contributed by atoms with van der Waals surface area (Å²) in [5.41, 5.74) is 1.81. The Morgan fingerprint density at radius 2 is 2.23 bits per heavy atom. The van der Waals surface area contributed by atoms with E-state index in [9.17, 15) is 4.79 Å². The first-order chi connectivity index (χ1) is 6.18. The fourth-order valence-corrected chi connectivity index (χ4v) is 1.97. The highest BCUT2D eigenvalue weighted by molar-refractivity contribution is 7.10. The van der Waals surface area contributed by atoms with E-state index in [0.29, 0.717) is 0 Å². The van der Waals surface area contributed by atoms with E-state index < -0.39 is 0 Å². The van der Waals surface area contributed by atoms with Crippen molar-refractivity contribution in [2.45, 2.75) is 32.8 Å². The fraction of sp³-hybridized carbons (Fsp3) is 0.500. The summed E-state index contributed by atoms with van der Waals surface area (Å²) >= 11 is 1.61. The minimum absolute atomic E-state index is 0.149. The van der Waals surface area contributed by atoms with Crippen molar-refractivity contribution in [3.05, 3.63) is 21.4 Å². The standard InChI is InChI=1S/C10H12O2S/c1-6-7(2)13-5-9(6)10(11)12-8-3-4-8/h5,8H,3-4H2,1-2H3. The van der Waals surface area contributed by atoms with E-state index >= 15 is 0 Å². The first-order valence-corrected chi connectivity index (χ1v) is 5.32. The van der Waals surface area contributed by atoms with Gasteiger partial charge >= 0.3 is 5.97 Å². The number of esters is 1. The van der Waals surface area contributed by atoms with Gasteiger partial charge in [0.25, 0.3) is 0 Å². The van der Waals surface area contributed by atoms with Crippen LogP contribution < -0.4 is 0 Å². The molecule has 1 aliphatic rings.